The molecule has 0 aromatic rings. The maximum atomic E-state index is 13.4. The van der Waals surface area contributed by atoms with Crippen molar-refractivity contribution in [2.24, 2.45) is 0 Å². The number of allylic oxidation sites excluding steroid dienone is 13. The molecule has 0 radical (unpaired) electrons. The van der Waals surface area contributed by atoms with Gasteiger partial charge in [0.25, 0.3) is 0 Å². The number of carbonyl (C=O) groups excluding carboxylic acids is 1. The van der Waals surface area contributed by atoms with Gasteiger partial charge in [-0.2, -0.15) is 0 Å². The van der Waals surface area contributed by atoms with E-state index in [0.717, 1.165) is 83.5 Å². The Labute approximate surface area is 571 Å². The normalized spacial score (nSPS) is 27.7. The van der Waals surface area contributed by atoms with Gasteiger partial charge in [0, 0.05) is 6.42 Å². The van der Waals surface area contributed by atoms with Crippen molar-refractivity contribution in [1.29, 1.82) is 0 Å². The van der Waals surface area contributed by atoms with Crippen molar-refractivity contribution in [3.05, 3.63) is 85.1 Å². The van der Waals surface area contributed by atoms with E-state index >= 15 is 0 Å². The first-order valence-corrected chi connectivity index (χ1v) is 37.3. The van der Waals surface area contributed by atoms with Crippen LogP contribution in [0.2, 0.25) is 0 Å². The lowest BCUT2D eigenvalue weighted by Gasteiger charge is -2.48. The largest absolute Gasteiger partial charge is 0.394 e. The maximum absolute atomic E-state index is 13.4. The number of unbranched alkanes of at least 4 members (excludes halogenated alkanes) is 29. The third-order valence-corrected chi connectivity index (χ3v) is 18.2. The van der Waals surface area contributed by atoms with E-state index in [0.29, 0.717) is 6.42 Å². The van der Waals surface area contributed by atoms with Gasteiger partial charge in [-0.15, -0.1) is 0 Å². The Balaban J connectivity index is 1.32. The molecule has 17 atom stereocenters. The summed E-state index contributed by atoms with van der Waals surface area (Å²) in [6.45, 7) is 1.61. The van der Waals surface area contributed by atoms with Crippen LogP contribution >= 0.6 is 0 Å². The molecule has 0 aliphatic carbocycles. The molecule has 19 nitrogen and oxygen atoms in total. The second kappa shape index (κ2) is 56.7. The Morgan fingerprint density at radius 1 is 0.389 bits per heavy atom. The van der Waals surface area contributed by atoms with E-state index in [1.807, 2.05) is 6.08 Å². The molecule has 1 amide bonds. The van der Waals surface area contributed by atoms with Crippen LogP contribution in [0.5, 0.6) is 0 Å². The number of aliphatic hydroxyl groups excluding tert-OH is 11. The smallest absolute Gasteiger partial charge is 0.220 e. The number of hydrogen-bond acceptors (Lipinski definition) is 18. The highest BCUT2D eigenvalue weighted by molar-refractivity contribution is 5.76. The van der Waals surface area contributed by atoms with E-state index < -0.39 is 124 Å². The molecular weight excluding hydrogens is 1210 g/mol. The zero-order valence-electron chi connectivity index (χ0n) is 58.4. The predicted octanol–water partition coefficient (Wildman–Crippen LogP) is 11.1. The highest BCUT2D eigenvalue weighted by Crippen LogP contribution is 2.33. The quantitative estimate of drug-likeness (QED) is 0.0199. The standard InChI is InChI=1S/C76H133NO18/c1-3-5-7-9-11-13-15-17-18-19-20-21-22-23-24-25-26-27-28-29-30-31-32-33-34-35-36-37-38-39-40-42-44-46-48-50-52-54-64(82)77-59(60(81)53-51-49-47-45-43-41-16-14-12-10-8-6-4-2)58-90-74-70(88)67(85)72(62(56-79)92-74)95-76-71(89)68(86)73(63(57-80)93-76)94-75-69(87)66(84)65(83)61(55-78)91-75/h5,7,11,13,17-18,20-21,23-24,26-27,51,53,59-63,65-76,78-81,83-89H,3-4,6,8-10,12,14-16,19,22,25,28-50,52,54-58H2,1-2H3,(H,77,82)/b7-5-,13-11-,18-17-,21-20-,24-23-,27-26-,53-51+. The summed E-state index contributed by atoms with van der Waals surface area (Å²) < 4.78 is 34.3. The van der Waals surface area contributed by atoms with Gasteiger partial charge in [-0.3, -0.25) is 4.79 Å². The zero-order valence-corrected chi connectivity index (χ0v) is 58.4. The summed E-state index contributed by atoms with van der Waals surface area (Å²) in [6.07, 6.45) is 47.2. The second-order valence-corrected chi connectivity index (χ2v) is 26.4. The van der Waals surface area contributed by atoms with Gasteiger partial charge in [-0.1, -0.05) is 266 Å². The minimum Gasteiger partial charge on any atom is -0.394 e. The summed E-state index contributed by atoms with van der Waals surface area (Å²) in [4.78, 5) is 13.4. The Morgan fingerprint density at radius 2 is 0.726 bits per heavy atom. The van der Waals surface area contributed by atoms with Crippen LogP contribution in [-0.4, -0.2) is 193 Å². The highest BCUT2D eigenvalue weighted by atomic mass is 16.8. The van der Waals surface area contributed by atoms with Gasteiger partial charge < -0.3 is 89.9 Å². The summed E-state index contributed by atoms with van der Waals surface area (Å²) in [5.41, 5.74) is 0. The van der Waals surface area contributed by atoms with Gasteiger partial charge in [0.15, 0.2) is 18.9 Å². The number of carbonyl (C=O) groups is 1. The third kappa shape index (κ3) is 37.8. The van der Waals surface area contributed by atoms with Gasteiger partial charge in [-0.05, 0) is 70.6 Å². The molecule has 0 bridgehead atoms. The molecule has 3 fully saturated rings. The molecular formula is C76H133NO18. The van der Waals surface area contributed by atoms with E-state index in [1.54, 1.807) is 6.08 Å². The molecule has 550 valence electrons. The highest BCUT2D eigenvalue weighted by Gasteiger charge is 2.53. The van der Waals surface area contributed by atoms with Crippen molar-refractivity contribution in [1.82, 2.24) is 5.32 Å². The minimum atomic E-state index is -1.98. The summed E-state index contributed by atoms with van der Waals surface area (Å²) in [6, 6.07) is -0.975. The Morgan fingerprint density at radius 3 is 1.14 bits per heavy atom. The van der Waals surface area contributed by atoms with E-state index in [4.69, 9.17) is 28.4 Å². The van der Waals surface area contributed by atoms with E-state index in [2.05, 4.69) is 92.1 Å². The molecule has 19 heteroatoms. The van der Waals surface area contributed by atoms with Crippen molar-refractivity contribution in [3.8, 4) is 0 Å². The fourth-order valence-electron chi connectivity index (χ4n) is 12.2. The van der Waals surface area contributed by atoms with Crippen LogP contribution in [0.15, 0.2) is 85.1 Å². The molecule has 0 spiro atoms. The fourth-order valence-corrected chi connectivity index (χ4v) is 12.2. The fraction of sp³-hybridized carbons (Fsp3) is 0.803. The van der Waals surface area contributed by atoms with Crippen molar-refractivity contribution in [2.45, 2.75) is 362 Å². The molecule has 17 unspecified atom stereocenters. The van der Waals surface area contributed by atoms with Crippen molar-refractivity contribution in [2.75, 3.05) is 26.4 Å². The summed E-state index contributed by atoms with van der Waals surface area (Å²) in [5, 5.41) is 120. The number of amides is 1. The maximum Gasteiger partial charge on any atom is 0.220 e. The Bertz CT molecular complexity index is 2050. The number of rotatable bonds is 57. The van der Waals surface area contributed by atoms with Crippen LogP contribution < -0.4 is 5.32 Å². The Hall–Kier alpha value is -3.03. The molecule has 0 aromatic carbocycles. The van der Waals surface area contributed by atoms with Crippen LogP contribution in [0.25, 0.3) is 0 Å². The lowest BCUT2D eigenvalue weighted by molar-refractivity contribution is -0.379. The molecule has 0 saturated carbocycles. The van der Waals surface area contributed by atoms with Crippen LogP contribution in [-0.2, 0) is 33.2 Å². The van der Waals surface area contributed by atoms with Crippen LogP contribution in [0.1, 0.15) is 258 Å². The van der Waals surface area contributed by atoms with Gasteiger partial charge in [0.2, 0.25) is 5.91 Å². The van der Waals surface area contributed by atoms with Crippen LogP contribution in [0.4, 0.5) is 0 Å². The number of nitrogens with one attached hydrogen (secondary N) is 1. The molecule has 12 N–H and O–H groups in total. The topological polar surface area (TPSA) is 307 Å². The molecule has 0 aromatic heterocycles. The number of hydrogen-bond donors (Lipinski definition) is 12. The molecule has 3 aliphatic rings. The summed E-state index contributed by atoms with van der Waals surface area (Å²) >= 11 is 0. The van der Waals surface area contributed by atoms with Crippen molar-refractivity contribution >= 4 is 5.91 Å². The first-order chi connectivity index (χ1) is 46.3. The van der Waals surface area contributed by atoms with E-state index in [9.17, 15) is 61.0 Å². The van der Waals surface area contributed by atoms with E-state index in [1.165, 1.54) is 148 Å². The minimum absolute atomic E-state index is 0.242. The monoisotopic (exact) mass is 1350 g/mol. The lowest BCUT2D eigenvalue weighted by atomic mass is 9.96. The third-order valence-electron chi connectivity index (χ3n) is 18.2. The second-order valence-electron chi connectivity index (χ2n) is 26.4. The van der Waals surface area contributed by atoms with E-state index in [-0.39, 0.29) is 18.9 Å². The molecule has 3 rings (SSSR count). The van der Waals surface area contributed by atoms with Gasteiger partial charge in [0.1, 0.15) is 73.2 Å². The summed E-state index contributed by atoms with van der Waals surface area (Å²) in [5.74, 6) is -0.276. The first kappa shape index (κ1) is 86.2. The lowest BCUT2D eigenvalue weighted by Crippen LogP contribution is -2.66. The Kier molecular flexibility index (Phi) is 51.4. The van der Waals surface area contributed by atoms with Crippen LogP contribution in [0.3, 0.4) is 0 Å². The first-order valence-electron chi connectivity index (χ1n) is 37.3. The predicted molar refractivity (Wildman–Crippen MR) is 374 cm³/mol. The molecule has 3 aliphatic heterocycles. The van der Waals surface area contributed by atoms with Crippen LogP contribution in [0, 0.1) is 0 Å². The molecule has 3 saturated heterocycles. The average Bonchev–Trinajstić information content (AvgIpc) is 0.791. The molecule has 3 heterocycles. The number of aliphatic hydroxyl groups is 11. The van der Waals surface area contributed by atoms with Crippen molar-refractivity contribution in [3.63, 3.8) is 0 Å². The van der Waals surface area contributed by atoms with Gasteiger partial charge in [0.05, 0.1) is 38.6 Å². The molecule has 95 heavy (non-hydrogen) atoms. The zero-order chi connectivity index (χ0) is 68.9. The average molecular weight is 1350 g/mol. The summed E-state index contributed by atoms with van der Waals surface area (Å²) in [7, 11) is 0. The number of ether oxygens (including phenoxy) is 6. The van der Waals surface area contributed by atoms with Gasteiger partial charge in [-0.25, -0.2) is 0 Å². The van der Waals surface area contributed by atoms with Crippen molar-refractivity contribution < 1.29 is 89.4 Å². The van der Waals surface area contributed by atoms with Gasteiger partial charge >= 0.3 is 0 Å². The SMILES string of the molecule is CC/C=C\C/C=C\C/C=C\C/C=C\C/C=C\C/C=C\CCCCCCCCCCCCCCCCCCCCC(=O)NC(COC1OC(CO)C(OC2OC(CO)C(OC3OC(CO)C(O)C(O)C3O)C(O)C2O)C(O)C1O)C(O)/C=C/CCCCCCCCCCCCC.